The van der Waals surface area contributed by atoms with E-state index in [2.05, 4.69) is 25.4 Å². The Kier molecular flexibility index (Phi) is 3.61. The van der Waals surface area contributed by atoms with E-state index >= 15 is 0 Å². The van der Waals surface area contributed by atoms with Crippen LogP contribution in [0.1, 0.15) is 28.3 Å². The molecule has 1 aromatic carbocycles. The van der Waals surface area contributed by atoms with Crippen molar-refractivity contribution in [2.75, 3.05) is 13.2 Å². The number of rotatable bonds is 2. The van der Waals surface area contributed by atoms with E-state index in [-0.39, 0.29) is 5.92 Å². The zero-order valence-corrected chi connectivity index (χ0v) is 17.8. The van der Waals surface area contributed by atoms with Gasteiger partial charge in [-0.25, -0.2) is 14.5 Å². The van der Waals surface area contributed by atoms with Crippen molar-refractivity contribution in [3.05, 3.63) is 59.3 Å². The summed E-state index contributed by atoms with van der Waals surface area (Å²) >= 11 is 0. The van der Waals surface area contributed by atoms with Crippen LogP contribution >= 0.6 is 0 Å². The summed E-state index contributed by atoms with van der Waals surface area (Å²) in [5.41, 5.74) is 5.15. The predicted octanol–water partition coefficient (Wildman–Crippen LogP) is 2.61. The van der Waals surface area contributed by atoms with Gasteiger partial charge in [-0.15, -0.1) is 10.2 Å². The number of ether oxygens (including phenoxy) is 3. The number of nitrogens with one attached hydrogen (secondary N) is 1. The number of aromatic nitrogens is 8. The molecule has 4 aromatic heterocycles. The fraction of sp³-hybridized carbons (Fsp3) is 0.227. The highest BCUT2D eigenvalue weighted by atomic mass is 16.6. The lowest BCUT2D eigenvalue weighted by Crippen LogP contribution is -2.15. The number of aryl methyl sites for hydroxylation is 2. The summed E-state index contributed by atoms with van der Waals surface area (Å²) in [7, 11) is 1.89. The third-order valence-corrected chi connectivity index (χ3v) is 5.98. The number of H-pyrrole nitrogens is 1. The maximum atomic E-state index is 6.06. The SMILES string of the molecule is Cc1[nH]nc2c1[C@@H](c1cnn(C)c1)c1c(ncn3nc(-c4ccc5c(c4)OCCO5)nc13)O2. The van der Waals surface area contributed by atoms with Crippen molar-refractivity contribution < 1.29 is 14.2 Å². The average Bonchev–Trinajstić information content (AvgIpc) is 3.56. The molecule has 0 spiro atoms. The molecule has 0 bridgehead atoms. The lowest BCUT2D eigenvalue weighted by atomic mass is 9.86. The second-order valence-electron chi connectivity index (χ2n) is 8.08. The summed E-state index contributed by atoms with van der Waals surface area (Å²) in [6.07, 6.45) is 5.43. The summed E-state index contributed by atoms with van der Waals surface area (Å²) in [5.74, 6) is 2.73. The second kappa shape index (κ2) is 6.55. The van der Waals surface area contributed by atoms with Crippen LogP contribution in [0.3, 0.4) is 0 Å². The van der Waals surface area contributed by atoms with Crippen molar-refractivity contribution >= 4 is 5.65 Å². The third-order valence-electron chi connectivity index (χ3n) is 5.98. The molecular formula is C22H18N8O3. The molecule has 2 aliphatic heterocycles. The second-order valence-corrected chi connectivity index (χ2v) is 8.08. The predicted molar refractivity (Wildman–Crippen MR) is 115 cm³/mol. The highest BCUT2D eigenvalue weighted by molar-refractivity contribution is 5.69. The standard InChI is InChI=1S/C22H18N8O3/c1-11-16-17(13-8-24-29(2)9-13)18-20-25-19(12-3-4-14-15(7-12)32-6-5-31-14)28-30(20)10-23-21(18)33-22(16)27-26-11/h3-4,7-10,17H,5-6H2,1-2H3,(H,26,27)/t17-/m1/s1. The zero-order chi connectivity index (χ0) is 22.1. The molecule has 1 N–H and O–H groups in total. The number of nitrogens with zero attached hydrogens (tertiary/aromatic N) is 7. The van der Waals surface area contributed by atoms with Gasteiger partial charge in [-0.2, -0.15) is 5.10 Å². The fourth-order valence-electron chi connectivity index (χ4n) is 4.49. The van der Waals surface area contributed by atoms with Crippen LogP contribution in [0.2, 0.25) is 0 Å². The molecule has 5 aromatic rings. The molecule has 1 atom stereocenters. The van der Waals surface area contributed by atoms with Gasteiger partial charge in [-0.1, -0.05) is 0 Å². The summed E-state index contributed by atoms with van der Waals surface area (Å²) in [6, 6.07) is 5.71. The van der Waals surface area contributed by atoms with Gasteiger partial charge in [0.2, 0.25) is 11.8 Å². The lowest BCUT2D eigenvalue weighted by Gasteiger charge is -2.24. The van der Waals surface area contributed by atoms with Crippen LogP contribution in [0.15, 0.2) is 36.9 Å². The van der Waals surface area contributed by atoms with E-state index in [1.54, 1.807) is 15.5 Å². The van der Waals surface area contributed by atoms with Crippen molar-refractivity contribution in [3.63, 3.8) is 0 Å². The van der Waals surface area contributed by atoms with Gasteiger partial charge in [-0.3, -0.25) is 9.78 Å². The average molecular weight is 442 g/mol. The van der Waals surface area contributed by atoms with Crippen LogP contribution in [0.5, 0.6) is 23.3 Å². The summed E-state index contributed by atoms with van der Waals surface area (Å²) in [4.78, 5) is 9.42. The van der Waals surface area contributed by atoms with Crippen molar-refractivity contribution in [3.8, 4) is 34.6 Å². The summed E-state index contributed by atoms with van der Waals surface area (Å²) in [6.45, 7) is 3.03. The first-order valence-corrected chi connectivity index (χ1v) is 10.5. The number of benzene rings is 1. The van der Waals surface area contributed by atoms with E-state index in [1.165, 1.54) is 0 Å². The Balaban J connectivity index is 1.43. The molecule has 0 fully saturated rings. The minimum Gasteiger partial charge on any atom is -0.486 e. The molecule has 33 heavy (non-hydrogen) atoms. The Morgan fingerprint density at radius 3 is 2.82 bits per heavy atom. The monoisotopic (exact) mass is 442 g/mol. The van der Waals surface area contributed by atoms with Crippen molar-refractivity contribution in [1.29, 1.82) is 0 Å². The Hall–Kier alpha value is -4.41. The largest absolute Gasteiger partial charge is 0.486 e. The molecule has 6 heterocycles. The topological polar surface area (TPSA) is 117 Å². The molecule has 11 heteroatoms. The first-order chi connectivity index (χ1) is 16.2. The molecule has 0 aliphatic carbocycles. The molecule has 0 radical (unpaired) electrons. The number of hydrogen-bond acceptors (Lipinski definition) is 8. The van der Waals surface area contributed by atoms with Crippen LogP contribution < -0.4 is 14.2 Å². The smallest absolute Gasteiger partial charge is 0.244 e. The quantitative estimate of drug-likeness (QED) is 0.435. The van der Waals surface area contributed by atoms with Gasteiger partial charge < -0.3 is 14.2 Å². The Labute approximate surface area is 187 Å². The summed E-state index contributed by atoms with van der Waals surface area (Å²) in [5, 5.41) is 16.4. The first kappa shape index (κ1) is 18.2. The first-order valence-electron chi connectivity index (χ1n) is 10.5. The fourth-order valence-corrected chi connectivity index (χ4v) is 4.49. The minimum absolute atomic E-state index is 0.204. The van der Waals surface area contributed by atoms with Crippen molar-refractivity contribution in [2.24, 2.45) is 7.05 Å². The van der Waals surface area contributed by atoms with E-state index < -0.39 is 0 Å². The Bertz CT molecular complexity index is 1550. The van der Waals surface area contributed by atoms with E-state index in [4.69, 9.17) is 19.2 Å². The van der Waals surface area contributed by atoms with Gasteiger partial charge in [0, 0.05) is 35.6 Å². The normalized spacial score (nSPS) is 16.4. The van der Waals surface area contributed by atoms with E-state index in [0.717, 1.165) is 33.7 Å². The molecule has 0 saturated carbocycles. The lowest BCUT2D eigenvalue weighted by molar-refractivity contribution is 0.171. The van der Waals surface area contributed by atoms with Crippen molar-refractivity contribution in [1.82, 2.24) is 39.6 Å². The van der Waals surface area contributed by atoms with Gasteiger partial charge >= 0.3 is 0 Å². The Morgan fingerprint density at radius 1 is 1.09 bits per heavy atom. The van der Waals surface area contributed by atoms with Gasteiger partial charge in [0.05, 0.1) is 17.7 Å². The zero-order valence-electron chi connectivity index (χ0n) is 17.8. The molecule has 7 rings (SSSR count). The molecule has 0 saturated heterocycles. The highest BCUT2D eigenvalue weighted by Gasteiger charge is 2.37. The maximum Gasteiger partial charge on any atom is 0.244 e. The molecule has 11 nitrogen and oxygen atoms in total. The van der Waals surface area contributed by atoms with Gasteiger partial charge in [0.25, 0.3) is 0 Å². The van der Waals surface area contributed by atoms with Crippen LogP contribution in [-0.2, 0) is 7.05 Å². The molecule has 0 unspecified atom stereocenters. The van der Waals surface area contributed by atoms with Crippen LogP contribution in [0, 0.1) is 6.92 Å². The van der Waals surface area contributed by atoms with Crippen LogP contribution in [0.25, 0.3) is 17.0 Å². The number of hydrogen-bond donors (Lipinski definition) is 1. The van der Waals surface area contributed by atoms with Gasteiger partial charge in [0.1, 0.15) is 19.5 Å². The third kappa shape index (κ3) is 2.65. The minimum atomic E-state index is -0.204. The summed E-state index contributed by atoms with van der Waals surface area (Å²) < 4.78 is 20.9. The van der Waals surface area contributed by atoms with Crippen molar-refractivity contribution in [2.45, 2.75) is 12.8 Å². The highest BCUT2D eigenvalue weighted by Crippen LogP contribution is 2.48. The van der Waals surface area contributed by atoms with E-state index in [9.17, 15) is 0 Å². The van der Waals surface area contributed by atoms with Gasteiger partial charge in [-0.05, 0) is 25.1 Å². The van der Waals surface area contributed by atoms with Crippen LogP contribution in [0.4, 0.5) is 0 Å². The molecule has 164 valence electrons. The van der Waals surface area contributed by atoms with E-state index in [0.29, 0.717) is 42.2 Å². The van der Waals surface area contributed by atoms with Crippen LogP contribution in [-0.4, -0.2) is 52.8 Å². The Morgan fingerprint density at radius 2 is 1.97 bits per heavy atom. The van der Waals surface area contributed by atoms with E-state index in [1.807, 2.05) is 44.6 Å². The number of fused-ring (bicyclic) bond motifs is 5. The van der Waals surface area contributed by atoms with Gasteiger partial charge in [0.15, 0.2) is 23.0 Å². The molecule has 2 aliphatic rings. The maximum absolute atomic E-state index is 6.06. The number of aromatic amines is 1. The molecule has 0 amide bonds. The molecular weight excluding hydrogens is 424 g/mol.